The molecule has 0 saturated heterocycles. The number of aromatic nitrogens is 2. The number of nitrogens with one attached hydrogen (secondary N) is 1. The van der Waals surface area contributed by atoms with Gasteiger partial charge in [-0.3, -0.25) is 9.97 Å². The number of hydrogen-bond acceptors (Lipinski definition) is 5. The molecule has 0 aliphatic heterocycles. The van der Waals surface area contributed by atoms with Crippen LogP contribution in [-0.2, 0) is 9.47 Å². The van der Waals surface area contributed by atoms with Gasteiger partial charge in [0.25, 0.3) is 0 Å². The molecule has 0 aliphatic carbocycles. The second-order valence-corrected chi connectivity index (χ2v) is 3.84. The second kappa shape index (κ2) is 9.02. The molecule has 1 radical (unpaired) electrons. The zero-order chi connectivity index (χ0) is 13.2. The molecule has 0 aliphatic rings. The van der Waals surface area contributed by atoms with Crippen LogP contribution in [0.5, 0.6) is 0 Å². The predicted molar refractivity (Wildman–Crippen MR) is 71.2 cm³/mol. The number of hydrogen-bond donors (Lipinski definition) is 1. The summed E-state index contributed by atoms with van der Waals surface area (Å²) in [5.74, 6) is 0. The van der Waals surface area contributed by atoms with Crippen molar-refractivity contribution in [3.8, 4) is 0 Å². The maximum atomic E-state index is 5.46. The van der Waals surface area contributed by atoms with Crippen molar-refractivity contribution in [3.63, 3.8) is 0 Å². The van der Waals surface area contributed by atoms with Crippen molar-refractivity contribution in [3.05, 3.63) is 24.3 Å². The number of nitrogens with zero attached hydrogens (tertiary/aromatic N) is 2. The Morgan fingerprint density at radius 1 is 1.39 bits per heavy atom. The summed E-state index contributed by atoms with van der Waals surface area (Å²) in [6, 6.07) is 0.141. The fourth-order valence-electron chi connectivity index (χ4n) is 1.77. The van der Waals surface area contributed by atoms with E-state index in [0.717, 1.165) is 18.5 Å². The largest absolute Gasteiger partial charge is 0.356 e. The first-order chi connectivity index (χ1) is 8.81. The summed E-state index contributed by atoms with van der Waals surface area (Å²) in [6.45, 7) is 4.58. The van der Waals surface area contributed by atoms with Crippen LogP contribution in [0.1, 0.15) is 31.5 Å². The van der Waals surface area contributed by atoms with Crippen LogP contribution in [0, 0.1) is 0 Å². The smallest absolute Gasteiger partial charge is 0.202 e. The van der Waals surface area contributed by atoms with Gasteiger partial charge in [0, 0.05) is 44.8 Å². The normalized spacial score (nSPS) is 14.2. The number of methoxy groups -OCH3 is 1. The van der Waals surface area contributed by atoms with Gasteiger partial charge in [-0.05, 0) is 13.3 Å². The highest BCUT2D eigenvalue weighted by Crippen LogP contribution is 2.17. The van der Waals surface area contributed by atoms with Crippen molar-refractivity contribution in [2.24, 2.45) is 0 Å². The molecular formula is C12H21BN3O2. The Kier molecular flexibility index (Phi) is 7.56. The molecule has 1 heterocycles. The van der Waals surface area contributed by atoms with Gasteiger partial charge in [-0.25, -0.2) is 0 Å². The van der Waals surface area contributed by atoms with Crippen LogP contribution in [0.4, 0.5) is 0 Å². The van der Waals surface area contributed by atoms with Crippen molar-refractivity contribution in [2.45, 2.75) is 38.9 Å². The summed E-state index contributed by atoms with van der Waals surface area (Å²) in [5.41, 5.74) is 0.932. The Labute approximate surface area is 110 Å². The molecule has 1 rings (SSSR count). The monoisotopic (exact) mass is 250 g/mol. The van der Waals surface area contributed by atoms with E-state index in [1.165, 1.54) is 0 Å². The van der Waals surface area contributed by atoms with Crippen molar-refractivity contribution in [2.75, 3.05) is 13.7 Å². The van der Waals surface area contributed by atoms with Crippen LogP contribution in [-0.4, -0.2) is 37.4 Å². The van der Waals surface area contributed by atoms with E-state index < -0.39 is 0 Å². The fraction of sp³-hybridized carbons (Fsp3) is 0.667. The quantitative estimate of drug-likeness (QED) is 0.532. The third-order valence-electron chi connectivity index (χ3n) is 2.61. The average Bonchev–Trinajstić information content (AvgIpc) is 2.43. The summed E-state index contributed by atoms with van der Waals surface area (Å²) in [7, 11) is 3.58. The van der Waals surface area contributed by atoms with Gasteiger partial charge in [0.05, 0.1) is 5.69 Å². The molecule has 1 aromatic rings. The highest BCUT2D eigenvalue weighted by Gasteiger charge is 2.15. The average molecular weight is 250 g/mol. The van der Waals surface area contributed by atoms with E-state index in [-0.39, 0.29) is 12.3 Å². The first-order valence-electron chi connectivity index (χ1n) is 6.26. The van der Waals surface area contributed by atoms with E-state index in [9.17, 15) is 0 Å². The van der Waals surface area contributed by atoms with E-state index in [2.05, 4.69) is 15.2 Å². The predicted octanol–water partition coefficient (Wildman–Crippen LogP) is 1.56. The van der Waals surface area contributed by atoms with Gasteiger partial charge < -0.3 is 14.7 Å². The third kappa shape index (κ3) is 5.12. The van der Waals surface area contributed by atoms with E-state index in [1.807, 2.05) is 21.2 Å². The summed E-state index contributed by atoms with van der Waals surface area (Å²) in [5, 5.41) is 3.28. The van der Waals surface area contributed by atoms with Gasteiger partial charge in [0.2, 0.25) is 7.41 Å². The minimum atomic E-state index is -0.159. The molecule has 2 atom stereocenters. The summed E-state index contributed by atoms with van der Waals surface area (Å²) in [4.78, 5) is 8.41. The SMILES string of the molecule is C[B]NC(CCC(OC)OCC)c1cnccn1. The van der Waals surface area contributed by atoms with Crippen LogP contribution in [0.25, 0.3) is 0 Å². The van der Waals surface area contributed by atoms with Crippen molar-refractivity contribution < 1.29 is 9.47 Å². The highest BCUT2D eigenvalue weighted by atomic mass is 16.7. The molecule has 0 spiro atoms. The molecule has 0 bridgehead atoms. The molecule has 0 saturated carbocycles. The topological polar surface area (TPSA) is 56.3 Å². The van der Waals surface area contributed by atoms with Crippen molar-refractivity contribution >= 4 is 7.41 Å². The van der Waals surface area contributed by atoms with Gasteiger partial charge in [0.1, 0.15) is 0 Å². The lowest BCUT2D eigenvalue weighted by Gasteiger charge is -2.20. The molecular weight excluding hydrogens is 229 g/mol. The Bertz CT molecular complexity index is 313. The van der Waals surface area contributed by atoms with Crippen LogP contribution in [0.3, 0.4) is 0 Å². The van der Waals surface area contributed by atoms with Crippen LogP contribution in [0.15, 0.2) is 18.6 Å². The van der Waals surface area contributed by atoms with Crippen LogP contribution < -0.4 is 5.23 Å². The van der Waals surface area contributed by atoms with Gasteiger partial charge in [0.15, 0.2) is 6.29 Å². The minimum absolute atomic E-state index is 0.141. The van der Waals surface area contributed by atoms with Crippen LogP contribution in [0.2, 0.25) is 6.82 Å². The first-order valence-corrected chi connectivity index (χ1v) is 6.26. The third-order valence-corrected chi connectivity index (χ3v) is 2.61. The Hall–Kier alpha value is -0.975. The minimum Gasteiger partial charge on any atom is -0.356 e. The van der Waals surface area contributed by atoms with E-state index in [4.69, 9.17) is 9.47 Å². The standard InChI is InChI=1S/C12H21BN3O2/c1-4-18-12(17-3)6-5-10(16-13-2)11-9-14-7-8-15-11/h7-10,12,16H,4-6H2,1-3H3. The van der Waals surface area contributed by atoms with E-state index in [1.54, 1.807) is 25.7 Å². The second-order valence-electron chi connectivity index (χ2n) is 3.84. The van der Waals surface area contributed by atoms with Gasteiger partial charge in [-0.1, -0.05) is 6.82 Å². The Balaban J connectivity index is 2.53. The van der Waals surface area contributed by atoms with Crippen molar-refractivity contribution in [1.82, 2.24) is 15.2 Å². The number of ether oxygens (including phenoxy) is 2. The summed E-state index contributed by atoms with van der Waals surface area (Å²) < 4.78 is 10.7. The molecule has 5 nitrogen and oxygen atoms in total. The molecule has 1 N–H and O–H groups in total. The van der Waals surface area contributed by atoms with Gasteiger partial charge in [-0.2, -0.15) is 0 Å². The first kappa shape index (κ1) is 15.1. The zero-order valence-corrected chi connectivity index (χ0v) is 11.3. The number of rotatable bonds is 9. The molecule has 6 heteroatoms. The van der Waals surface area contributed by atoms with Gasteiger partial charge in [-0.15, -0.1) is 0 Å². The zero-order valence-electron chi connectivity index (χ0n) is 11.3. The molecule has 1 aromatic heterocycles. The molecule has 2 unspecified atom stereocenters. The maximum Gasteiger partial charge on any atom is 0.202 e. The molecule has 0 aromatic carbocycles. The maximum absolute atomic E-state index is 5.46. The summed E-state index contributed by atoms with van der Waals surface area (Å²) in [6.07, 6.45) is 6.69. The molecule has 0 fully saturated rings. The molecule has 18 heavy (non-hydrogen) atoms. The lowest BCUT2D eigenvalue weighted by Crippen LogP contribution is -2.26. The van der Waals surface area contributed by atoms with E-state index in [0.29, 0.717) is 6.61 Å². The molecule has 99 valence electrons. The highest BCUT2D eigenvalue weighted by molar-refractivity contribution is 6.30. The Morgan fingerprint density at radius 3 is 2.78 bits per heavy atom. The molecule has 0 amide bonds. The fourth-order valence-corrected chi connectivity index (χ4v) is 1.77. The van der Waals surface area contributed by atoms with Crippen LogP contribution >= 0.6 is 0 Å². The Morgan fingerprint density at radius 2 is 2.22 bits per heavy atom. The lowest BCUT2D eigenvalue weighted by atomic mass is 9.95. The lowest BCUT2D eigenvalue weighted by molar-refractivity contribution is -0.125. The summed E-state index contributed by atoms with van der Waals surface area (Å²) >= 11 is 0. The van der Waals surface area contributed by atoms with Crippen molar-refractivity contribution in [1.29, 1.82) is 0 Å². The van der Waals surface area contributed by atoms with E-state index >= 15 is 0 Å². The van der Waals surface area contributed by atoms with Gasteiger partial charge >= 0.3 is 0 Å².